The molecule has 0 rings (SSSR count). The van der Waals surface area contributed by atoms with Gasteiger partial charge in [0, 0.05) is 6.42 Å². The van der Waals surface area contributed by atoms with Crippen LogP contribution in [0.4, 0.5) is 0 Å². The predicted octanol–water partition coefficient (Wildman–Crippen LogP) is -2.48. The van der Waals surface area contributed by atoms with Crippen LogP contribution in [0.2, 0.25) is 0 Å². The smallest absolute Gasteiger partial charge is 0.328 e. The summed E-state index contributed by atoms with van der Waals surface area (Å²) in [6.45, 7) is 2.41. The SMILES string of the molecule is CSCCC(N)C(=O)NC(CCC(N)=O)C(=O)NC(C(=O)NC(CO)C(=O)O)C(C)C. The molecule has 4 atom stereocenters. The number of hydrogen-bond donors (Lipinski definition) is 7. The number of rotatable bonds is 15. The van der Waals surface area contributed by atoms with Crippen molar-refractivity contribution in [3.63, 3.8) is 0 Å². The first-order valence-corrected chi connectivity index (χ1v) is 11.1. The third kappa shape index (κ3) is 11.0. The molecule has 178 valence electrons. The Bertz CT molecular complexity index is 647. The van der Waals surface area contributed by atoms with Crippen molar-refractivity contribution in [1.82, 2.24) is 16.0 Å². The molecule has 0 saturated heterocycles. The fourth-order valence-electron chi connectivity index (χ4n) is 2.45. The molecule has 9 N–H and O–H groups in total. The Labute approximate surface area is 185 Å². The number of carboxylic acid groups (broad SMARTS) is 1. The van der Waals surface area contributed by atoms with Gasteiger partial charge in [0.2, 0.25) is 23.6 Å². The maximum Gasteiger partial charge on any atom is 0.328 e. The Morgan fingerprint density at radius 3 is 1.97 bits per heavy atom. The molecule has 0 radical (unpaired) electrons. The minimum absolute atomic E-state index is 0.108. The van der Waals surface area contributed by atoms with E-state index in [0.29, 0.717) is 12.2 Å². The molecule has 0 aromatic rings. The van der Waals surface area contributed by atoms with Gasteiger partial charge in [0.1, 0.15) is 18.1 Å². The number of hydrogen-bond acceptors (Lipinski definition) is 8. The van der Waals surface area contributed by atoms with Crippen molar-refractivity contribution in [3.8, 4) is 0 Å². The predicted molar refractivity (Wildman–Crippen MR) is 115 cm³/mol. The molecule has 4 amide bonds. The van der Waals surface area contributed by atoms with Crippen molar-refractivity contribution in [2.75, 3.05) is 18.6 Å². The minimum Gasteiger partial charge on any atom is -0.480 e. The Kier molecular flexibility index (Phi) is 13.5. The van der Waals surface area contributed by atoms with Crippen LogP contribution in [0.15, 0.2) is 0 Å². The van der Waals surface area contributed by atoms with Gasteiger partial charge in [-0.1, -0.05) is 13.8 Å². The lowest BCUT2D eigenvalue weighted by molar-refractivity contribution is -0.143. The molecule has 0 aromatic carbocycles. The standard InChI is InChI=1S/C18H33N5O7S/c1-9(2)14(17(28)22-12(8-24)18(29)30)23-16(27)11(4-5-13(20)25)21-15(26)10(19)6-7-31-3/h9-12,14,24H,4-8,19H2,1-3H3,(H2,20,25)(H,21,26)(H,22,28)(H,23,27)(H,29,30). The molecule has 0 aliphatic carbocycles. The van der Waals surface area contributed by atoms with Crippen molar-refractivity contribution in [1.29, 1.82) is 0 Å². The van der Waals surface area contributed by atoms with Crippen molar-refractivity contribution in [3.05, 3.63) is 0 Å². The number of carbonyl (C=O) groups is 5. The van der Waals surface area contributed by atoms with Gasteiger partial charge in [0.05, 0.1) is 12.6 Å². The van der Waals surface area contributed by atoms with Gasteiger partial charge in [-0.2, -0.15) is 11.8 Å². The van der Waals surface area contributed by atoms with Crippen LogP contribution in [0.25, 0.3) is 0 Å². The number of aliphatic hydroxyl groups is 1. The summed E-state index contributed by atoms with van der Waals surface area (Å²) >= 11 is 1.51. The fraction of sp³-hybridized carbons (Fsp3) is 0.722. The number of carboxylic acids is 1. The summed E-state index contributed by atoms with van der Waals surface area (Å²) in [5, 5.41) is 25.1. The number of thioether (sulfide) groups is 1. The van der Waals surface area contributed by atoms with Crippen LogP contribution in [0.5, 0.6) is 0 Å². The van der Waals surface area contributed by atoms with Crippen LogP contribution in [0.3, 0.4) is 0 Å². The molecule has 0 spiro atoms. The number of aliphatic carboxylic acids is 1. The van der Waals surface area contributed by atoms with Crippen LogP contribution < -0.4 is 27.4 Å². The van der Waals surface area contributed by atoms with Crippen molar-refractivity contribution in [2.24, 2.45) is 17.4 Å². The number of primary amides is 1. The van der Waals surface area contributed by atoms with Gasteiger partial charge in [0.15, 0.2) is 0 Å². The topological polar surface area (TPSA) is 214 Å². The van der Waals surface area contributed by atoms with Gasteiger partial charge in [-0.15, -0.1) is 0 Å². The van der Waals surface area contributed by atoms with E-state index in [4.69, 9.17) is 21.7 Å². The molecule has 0 saturated carbocycles. The van der Waals surface area contributed by atoms with E-state index in [-0.39, 0.29) is 12.8 Å². The molecule has 13 heteroatoms. The fourth-order valence-corrected chi connectivity index (χ4v) is 2.94. The zero-order chi connectivity index (χ0) is 24.1. The van der Waals surface area contributed by atoms with Gasteiger partial charge in [0.25, 0.3) is 0 Å². The maximum atomic E-state index is 12.8. The molecule has 0 fully saturated rings. The van der Waals surface area contributed by atoms with Crippen molar-refractivity contribution < 1.29 is 34.2 Å². The summed E-state index contributed by atoms with van der Waals surface area (Å²) < 4.78 is 0. The van der Waals surface area contributed by atoms with Gasteiger partial charge in [-0.25, -0.2) is 4.79 Å². The molecule has 0 bridgehead atoms. The summed E-state index contributed by atoms with van der Waals surface area (Å²) in [7, 11) is 0. The molecule has 0 aliphatic heterocycles. The maximum absolute atomic E-state index is 12.8. The minimum atomic E-state index is -1.54. The Hall–Kier alpha value is -2.38. The second kappa shape index (κ2) is 14.6. The monoisotopic (exact) mass is 463 g/mol. The van der Waals surface area contributed by atoms with E-state index in [1.54, 1.807) is 13.8 Å². The molecule has 0 aliphatic rings. The zero-order valence-corrected chi connectivity index (χ0v) is 18.7. The average Bonchev–Trinajstić information content (AvgIpc) is 2.69. The molecule has 4 unspecified atom stereocenters. The van der Waals surface area contributed by atoms with E-state index in [0.717, 1.165) is 0 Å². The lowest BCUT2D eigenvalue weighted by Crippen LogP contribution is -2.58. The number of nitrogens with one attached hydrogen (secondary N) is 3. The molecular formula is C18H33N5O7S. The Morgan fingerprint density at radius 2 is 1.52 bits per heavy atom. The third-order valence-corrected chi connectivity index (χ3v) is 4.97. The average molecular weight is 464 g/mol. The second-order valence-electron chi connectivity index (χ2n) is 7.27. The summed E-state index contributed by atoms with van der Waals surface area (Å²) in [5.74, 6) is -4.08. The van der Waals surface area contributed by atoms with E-state index in [9.17, 15) is 24.0 Å². The van der Waals surface area contributed by atoms with Gasteiger partial charge in [-0.05, 0) is 30.8 Å². The third-order valence-electron chi connectivity index (χ3n) is 4.33. The van der Waals surface area contributed by atoms with Crippen LogP contribution in [-0.4, -0.2) is 82.6 Å². The van der Waals surface area contributed by atoms with Crippen LogP contribution in [-0.2, 0) is 24.0 Å². The zero-order valence-electron chi connectivity index (χ0n) is 17.9. The lowest BCUT2D eigenvalue weighted by Gasteiger charge is -2.26. The van der Waals surface area contributed by atoms with E-state index in [1.807, 2.05) is 6.26 Å². The Morgan fingerprint density at radius 1 is 0.935 bits per heavy atom. The second-order valence-corrected chi connectivity index (χ2v) is 8.25. The van der Waals surface area contributed by atoms with Crippen LogP contribution in [0.1, 0.15) is 33.1 Å². The summed E-state index contributed by atoms with van der Waals surface area (Å²) in [5.41, 5.74) is 11.0. The first kappa shape index (κ1) is 28.6. The van der Waals surface area contributed by atoms with Crippen LogP contribution in [0, 0.1) is 5.92 Å². The first-order valence-electron chi connectivity index (χ1n) is 9.72. The van der Waals surface area contributed by atoms with Crippen LogP contribution >= 0.6 is 11.8 Å². The van der Waals surface area contributed by atoms with Gasteiger partial charge >= 0.3 is 5.97 Å². The highest BCUT2D eigenvalue weighted by molar-refractivity contribution is 7.98. The summed E-state index contributed by atoms with van der Waals surface area (Å²) in [6.07, 6.45) is 1.94. The summed E-state index contributed by atoms with van der Waals surface area (Å²) in [6, 6.07) is -4.73. The first-order chi connectivity index (χ1) is 14.4. The molecule has 0 aromatic heterocycles. The van der Waals surface area contributed by atoms with E-state index in [1.165, 1.54) is 11.8 Å². The highest BCUT2D eigenvalue weighted by atomic mass is 32.2. The number of aliphatic hydroxyl groups excluding tert-OH is 1. The molecule has 31 heavy (non-hydrogen) atoms. The number of carbonyl (C=O) groups excluding carboxylic acids is 4. The normalized spacial score (nSPS) is 14.8. The number of nitrogens with two attached hydrogens (primary N) is 2. The van der Waals surface area contributed by atoms with Crippen molar-refractivity contribution in [2.45, 2.75) is 57.3 Å². The molecular weight excluding hydrogens is 430 g/mol. The molecule has 12 nitrogen and oxygen atoms in total. The van der Waals surface area contributed by atoms with E-state index < -0.39 is 66.3 Å². The quantitative estimate of drug-likeness (QED) is 0.137. The summed E-state index contributed by atoms with van der Waals surface area (Å²) in [4.78, 5) is 59.7. The highest BCUT2D eigenvalue weighted by Gasteiger charge is 2.31. The largest absolute Gasteiger partial charge is 0.480 e. The van der Waals surface area contributed by atoms with Gasteiger partial charge < -0.3 is 37.6 Å². The van der Waals surface area contributed by atoms with E-state index >= 15 is 0 Å². The lowest BCUT2D eigenvalue weighted by atomic mass is 10.0. The van der Waals surface area contributed by atoms with Gasteiger partial charge in [-0.3, -0.25) is 19.2 Å². The highest BCUT2D eigenvalue weighted by Crippen LogP contribution is 2.06. The van der Waals surface area contributed by atoms with E-state index in [2.05, 4.69) is 16.0 Å². The Balaban J connectivity index is 5.35. The molecule has 0 heterocycles. The number of amides is 4. The van der Waals surface area contributed by atoms with Crippen molar-refractivity contribution >= 4 is 41.4 Å².